The van der Waals surface area contributed by atoms with Crippen molar-refractivity contribution in [2.45, 2.75) is 32.2 Å². The Labute approximate surface area is 227 Å². The Morgan fingerprint density at radius 2 is 1.79 bits per heavy atom. The minimum Gasteiger partial charge on any atom is -0.503 e. The van der Waals surface area contributed by atoms with E-state index in [1.165, 1.54) is 16.2 Å². The standard InChI is InChI=1S/C30H23ClN2O4S/c1-30(2,3)18-10-8-16(9-11-18)25-24(26(34)22-14-17-6-4-5-7-21(17)37-22)27(35)28(36)33(25)29-32-20-13-12-19(31)15-23(20)38-29/h4-15,25,35H,1-3H3. The number of carbonyl (C=O) groups is 2. The molecule has 1 amide bonds. The van der Waals surface area contributed by atoms with Crippen LogP contribution in [0, 0.1) is 0 Å². The highest BCUT2D eigenvalue weighted by atomic mass is 35.5. The van der Waals surface area contributed by atoms with E-state index in [1.807, 2.05) is 42.5 Å². The number of amides is 1. The van der Waals surface area contributed by atoms with E-state index in [2.05, 4.69) is 25.8 Å². The topological polar surface area (TPSA) is 83.6 Å². The zero-order valence-corrected chi connectivity index (χ0v) is 22.4. The first-order chi connectivity index (χ1) is 18.1. The number of halogens is 1. The fourth-order valence-electron chi connectivity index (χ4n) is 4.73. The molecule has 0 fully saturated rings. The van der Waals surface area contributed by atoms with E-state index in [9.17, 15) is 14.7 Å². The molecule has 6 rings (SSSR count). The number of rotatable bonds is 4. The molecular formula is C30H23ClN2O4S. The Hall–Kier alpha value is -3.94. The Balaban J connectivity index is 1.51. The summed E-state index contributed by atoms with van der Waals surface area (Å²) in [6.07, 6.45) is 0. The number of nitrogens with zero attached hydrogens (tertiary/aromatic N) is 2. The van der Waals surface area contributed by atoms with Crippen molar-refractivity contribution < 1.29 is 19.1 Å². The van der Waals surface area contributed by atoms with Gasteiger partial charge in [0, 0.05) is 10.4 Å². The minimum absolute atomic E-state index is 0.0464. The fourth-order valence-corrected chi connectivity index (χ4v) is 6.00. The lowest BCUT2D eigenvalue weighted by Crippen LogP contribution is -2.31. The third kappa shape index (κ3) is 3.99. The highest BCUT2D eigenvalue weighted by molar-refractivity contribution is 7.22. The van der Waals surface area contributed by atoms with E-state index >= 15 is 0 Å². The van der Waals surface area contributed by atoms with Gasteiger partial charge in [0.25, 0.3) is 5.91 Å². The number of thiazole rings is 1. The maximum atomic E-state index is 13.9. The predicted molar refractivity (Wildman–Crippen MR) is 150 cm³/mol. The number of hydrogen-bond donors (Lipinski definition) is 1. The molecule has 38 heavy (non-hydrogen) atoms. The van der Waals surface area contributed by atoms with Gasteiger partial charge in [-0.3, -0.25) is 14.5 Å². The molecule has 0 bridgehead atoms. The fraction of sp³-hybridized carbons (Fsp3) is 0.167. The van der Waals surface area contributed by atoms with Crippen LogP contribution in [0.4, 0.5) is 5.13 Å². The maximum absolute atomic E-state index is 13.9. The van der Waals surface area contributed by atoms with E-state index < -0.39 is 23.5 Å². The molecule has 190 valence electrons. The van der Waals surface area contributed by atoms with Crippen LogP contribution in [0.3, 0.4) is 0 Å². The van der Waals surface area contributed by atoms with Crippen LogP contribution in [-0.4, -0.2) is 21.8 Å². The quantitative estimate of drug-likeness (QED) is 0.234. The van der Waals surface area contributed by atoms with E-state index in [-0.39, 0.29) is 16.7 Å². The number of anilines is 1. The van der Waals surface area contributed by atoms with Crippen molar-refractivity contribution >= 4 is 60.9 Å². The zero-order valence-electron chi connectivity index (χ0n) is 20.9. The van der Waals surface area contributed by atoms with Crippen molar-refractivity contribution in [1.82, 2.24) is 4.98 Å². The average Bonchev–Trinajstić information content (AvgIpc) is 3.57. The number of Topliss-reactive ketones (excluding diaryl/α,β-unsaturated/α-hetero) is 1. The highest BCUT2D eigenvalue weighted by Gasteiger charge is 2.46. The summed E-state index contributed by atoms with van der Waals surface area (Å²) in [5.74, 6) is -1.81. The number of fused-ring (bicyclic) bond motifs is 2. The molecule has 1 atom stereocenters. The zero-order chi connectivity index (χ0) is 26.8. The van der Waals surface area contributed by atoms with Gasteiger partial charge in [-0.05, 0) is 46.9 Å². The van der Waals surface area contributed by atoms with Crippen molar-refractivity contribution in [1.29, 1.82) is 0 Å². The number of aromatic nitrogens is 1. The second-order valence-corrected chi connectivity index (χ2v) is 11.7. The van der Waals surface area contributed by atoms with Gasteiger partial charge in [0.15, 0.2) is 16.7 Å². The van der Waals surface area contributed by atoms with Gasteiger partial charge in [0.2, 0.25) is 5.78 Å². The molecule has 0 saturated carbocycles. The summed E-state index contributed by atoms with van der Waals surface area (Å²) in [5, 5.41) is 12.8. The van der Waals surface area contributed by atoms with E-state index in [0.29, 0.717) is 26.8 Å². The molecule has 0 saturated heterocycles. The van der Waals surface area contributed by atoms with Gasteiger partial charge < -0.3 is 9.52 Å². The van der Waals surface area contributed by atoms with Gasteiger partial charge in [0.05, 0.1) is 21.8 Å². The normalized spacial score (nSPS) is 16.3. The van der Waals surface area contributed by atoms with Crippen LogP contribution < -0.4 is 4.90 Å². The molecular weight excluding hydrogens is 520 g/mol. The summed E-state index contributed by atoms with van der Waals surface area (Å²) < 4.78 is 6.61. The van der Waals surface area contributed by atoms with Crippen molar-refractivity contribution in [2.75, 3.05) is 4.90 Å². The summed E-state index contributed by atoms with van der Waals surface area (Å²) in [6, 6.07) is 21.0. The minimum atomic E-state index is -0.895. The first kappa shape index (κ1) is 24.4. The van der Waals surface area contributed by atoms with Crippen molar-refractivity contribution in [3.63, 3.8) is 0 Å². The van der Waals surface area contributed by atoms with Crippen LogP contribution in [-0.2, 0) is 10.2 Å². The molecule has 3 aromatic carbocycles. The van der Waals surface area contributed by atoms with Crippen LogP contribution in [0.25, 0.3) is 21.2 Å². The number of para-hydroxylation sites is 1. The molecule has 1 aliphatic heterocycles. The lowest BCUT2D eigenvalue weighted by Gasteiger charge is -2.25. The molecule has 0 spiro atoms. The SMILES string of the molecule is CC(C)(C)c1ccc(C2C(C(=O)c3cc4ccccc4o3)=C(O)C(=O)N2c2nc3ccc(Cl)cc3s2)cc1. The first-order valence-electron chi connectivity index (χ1n) is 12.1. The molecule has 1 N–H and O–H groups in total. The largest absolute Gasteiger partial charge is 0.503 e. The van der Waals surface area contributed by atoms with Gasteiger partial charge in [0.1, 0.15) is 5.58 Å². The number of furan rings is 1. The van der Waals surface area contributed by atoms with Crippen LogP contribution in [0.5, 0.6) is 0 Å². The monoisotopic (exact) mass is 542 g/mol. The number of hydrogen-bond acceptors (Lipinski definition) is 6. The maximum Gasteiger partial charge on any atom is 0.296 e. The average molecular weight is 543 g/mol. The number of ketones is 1. The second-order valence-electron chi connectivity index (χ2n) is 10.3. The first-order valence-corrected chi connectivity index (χ1v) is 13.3. The van der Waals surface area contributed by atoms with E-state index in [0.717, 1.165) is 15.6 Å². The van der Waals surface area contributed by atoms with Crippen LogP contribution in [0.15, 0.2) is 88.5 Å². The van der Waals surface area contributed by atoms with Crippen molar-refractivity contribution in [3.05, 3.63) is 106 Å². The van der Waals surface area contributed by atoms with Crippen LogP contribution in [0.1, 0.15) is 48.5 Å². The molecule has 0 radical (unpaired) electrons. The summed E-state index contributed by atoms with van der Waals surface area (Å²) in [7, 11) is 0. The molecule has 8 heteroatoms. The Kier molecular flexibility index (Phi) is 5.67. The lowest BCUT2D eigenvalue weighted by molar-refractivity contribution is -0.117. The van der Waals surface area contributed by atoms with E-state index in [4.69, 9.17) is 16.0 Å². The van der Waals surface area contributed by atoms with Crippen LogP contribution >= 0.6 is 22.9 Å². The van der Waals surface area contributed by atoms with Gasteiger partial charge >= 0.3 is 0 Å². The summed E-state index contributed by atoms with van der Waals surface area (Å²) in [4.78, 5) is 33.4. The molecule has 2 aromatic heterocycles. The van der Waals surface area contributed by atoms with Crippen molar-refractivity contribution in [3.8, 4) is 0 Å². The number of carbonyl (C=O) groups excluding carboxylic acids is 2. The highest BCUT2D eigenvalue weighted by Crippen LogP contribution is 2.45. The van der Waals surface area contributed by atoms with Crippen LogP contribution in [0.2, 0.25) is 5.02 Å². The molecule has 5 aromatic rings. The summed E-state index contributed by atoms with van der Waals surface area (Å²) >= 11 is 7.45. The number of aliphatic hydroxyl groups excluding tert-OH is 1. The number of aliphatic hydroxyl groups is 1. The molecule has 0 aliphatic carbocycles. The molecule has 1 aliphatic rings. The van der Waals surface area contributed by atoms with E-state index in [1.54, 1.807) is 30.3 Å². The van der Waals surface area contributed by atoms with Gasteiger partial charge in [-0.25, -0.2) is 4.98 Å². The second kappa shape index (κ2) is 8.82. The number of benzene rings is 3. The Morgan fingerprint density at radius 3 is 2.50 bits per heavy atom. The molecule has 3 heterocycles. The van der Waals surface area contributed by atoms with Gasteiger partial charge in [-0.2, -0.15) is 0 Å². The summed E-state index contributed by atoms with van der Waals surface area (Å²) in [5.41, 5.74) is 2.86. The smallest absolute Gasteiger partial charge is 0.296 e. The van der Waals surface area contributed by atoms with Crippen molar-refractivity contribution in [2.24, 2.45) is 0 Å². The lowest BCUT2D eigenvalue weighted by atomic mass is 9.85. The summed E-state index contributed by atoms with van der Waals surface area (Å²) in [6.45, 7) is 6.34. The van der Waals surface area contributed by atoms with Gasteiger partial charge in [-0.1, -0.05) is 86.2 Å². The molecule has 1 unspecified atom stereocenters. The third-order valence-corrected chi connectivity index (χ3v) is 7.99. The molecule has 6 nitrogen and oxygen atoms in total. The van der Waals surface area contributed by atoms with Gasteiger partial charge in [-0.15, -0.1) is 0 Å². The Morgan fingerprint density at radius 1 is 1.05 bits per heavy atom. The Bertz CT molecular complexity index is 1740. The predicted octanol–water partition coefficient (Wildman–Crippen LogP) is 7.78. The third-order valence-electron chi connectivity index (χ3n) is 6.74.